The molecule has 3 aromatic rings. The maximum atomic E-state index is 12.6. The van der Waals surface area contributed by atoms with Crippen molar-refractivity contribution in [1.82, 2.24) is 10.2 Å². The fourth-order valence-electron chi connectivity index (χ4n) is 5.58. The van der Waals surface area contributed by atoms with E-state index >= 15 is 0 Å². The van der Waals surface area contributed by atoms with Gasteiger partial charge in [-0.2, -0.15) is 0 Å². The second-order valence-corrected chi connectivity index (χ2v) is 10.4. The zero-order valence-corrected chi connectivity index (χ0v) is 20.2. The number of barbiturate groups is 1. The lowest BCUT2D eigenvalue weighted by Gasteiger charge is -2.47. The lowest BCUT2D eigenvalue weighted by atomic mass is 9.67. The minimum Gasteiger partial charge on any atom is -0.440 e. The number of amides is 4. The van der Waals surface area contributed by atoms with E-state index in [0.29, 0.717) is 11.6 Å². The van der Waals surface area contributed by atoms with Crippen LogP contribution in [-0.4, -0.2) is 29.8 Å². The van der Waals surface area contributed by atoms with Crippen molar-refractivity contribution in [2.45, 2.75) is 38.5 Å². The van der Waals surface area contributed by atoms with Gasteiger partial charge in [0.2, 0.25) is 5.88 Å². The highest BCUT2D eigenvalue weighted by Crippen LogP contribution is 2.60. The number of hydrogen-bond acceptors (Lipinski definition) is 5. The Balaban J connectivity index is 1.59. The molecule has 0 radical (unpaired) electrons. The van der Waals surface area contributed by atoms with Crippen molar-refractivity contribution in [3.63, 3.8) is 0 Å². The molecule has 0 saturated carbocycles. The fraction of sp³-hybridized carbons (Fsp3) is 0.250. The summed E-state index contributed by atoms with van der Waals surface area (Å²) in [4.78, 5) is 39.9. The first-order valence-corrected chi connectivity index (χ1v) is 11.6. The lowest BCUT2D eigenvalue weighted by molar-refractivity contribution is -0.129. The van der Waals surface area contributed by atoms with E-state index in [2.05, 4.69) is 68.2 Å². The molecule has 0 atom stereocenters. The molecular weight excluding hydrogens is 442 g/mol. The van der Waals surface area contributed by atoms with Crippen molar-refractivity contribution < 1.29 is 18.8 Å². The van der Waals surface area contributed by atoms with E-state index < -0.39 is 17.8 Å². The molecule has 4 amide bonds. The summed E-state index contributed by atoms with van der Waals surface area (Å²) in [6, 6.07) is 15.9. The van der Waals surface area contributed by atoms with Crippen molar-refractivity contribution in [2.24, 2.45) is 0 Å². The van der Waals surface area contributed by atoms with E-state index in [1.165, 1.54) is 29.8 Å². The minimum atomic E-state index is -0.743. The van der Waals surface area contributed by atoms with E-state index in [1.807, 2.05) is 18.2 Å². The molecule has 1 aromatic heterocycles. The van der Waals surface area contributed by atoms with Crippen LogP contribution in [0, 0.1) is 0 Å². The number of furan rings is 1. The number of nitrogens with one attached hydrogen (secondary N) is 1. The van der Waals surface area contributed by atoms with Crippen molar-refractivity contribution in [2.75, 3.05) is 11.9 Å². The van der Waals surface area contributed by atoms with Crippen LogP contribution in [0.25, 0.3) is 6.08 Å². The normalized spacial score (nSPS) is 20.4. The summed E-state index contributed by atoms with van der Waals surface area (Å²) in [6.45, 7) is 8.79. The number of fused-ring (bicyclic) bond motifs is 4. The Morgan fingerprint density at radius 3 is 2.20 bits per heavy atom. The van der Waals surface area contributed by atoms with Crippen LogP contribution in [0.5, 0.6) is 0 Å². The van der Waals surface area contributed by atoms with Gasteiger partial charge >= 0.3 is 6.03 Å². The summed E-state index contributed by atoms with van der Waals surface area (Å²) in [6.07, 6.45) is 1.42. The monoisotopic (exact) mass is 467 g/mol. The lowest BCUT2D eigenvalue weighted by Crippen LogP contribution is -2.52. The molecule has 1 N–H and O–H groups in total. The van der Waals surface area contributed by atoms with Gasteiger partial charge in [-0.1, -0.05) is 64.1 Å². The molecule has 1 saturated heterocycles. The number of imide groups is 2. The number of benzene rings is 2. The molecular formula is C28H25N3O4. The van der Waals surface area contributed by atoms with Crippen molar-refractivity contribution >= 4 is 41.2 Å². The maximum absolute atomic E-state index is 12.6. The summed E-state index contributed by atoms with van der Waals surface area (Å²) >= 11 is 0. The Hall–Kier alpha value is -4.13. The van der Waals surface area contributed by atoms with Crippen LogP contribution >= 0.6 is 0 Å². The number of carbonyl (C=O) groups excluding carboxylic acids is 3. The van der Waals surface area contributed by atoms with Gasteiger partial charge in [0.05, 0.1) is 11.4 Å². The molecule has 0 unspecified atom stereocenters. The molecule has 35 heavy (non-hydrogen) atoms. The third kappa shape index (κ3) is 2.69. The predicted molar refractivity (Wildman–Crippen MR) is 132 cm³/mol. The van der Waals surface area contributed by atoms with E-state index in [0.717, 1.165) is 21.8 Å². The van der Waals surface area contributed by atoms with Crippen LogP contribution in [0.3, 0.4) is 0 Å². The van der Waals surface area contributed by atoms with E-state index in [4.69, 9.17) is 4.42 Å². The first-order chi connectivity index (χ1) is 16.5. The molecule has 2 aromatic carbocycles. The van der Waals surface area contributed by atoms with Crippen LogP contribution in [0.4, 0.5) is 22.1 Å². The molecule has 4 heterocycles. The molecule has 0 spiro atoms. The average Bonchev–Trinajstić information content (AvgIpc) is 3.25. The Kier molecular flexibility index (Phi) is 4.11. The summed E-state index contributed by atoms with van der Waals surface area (Å²) in [5.41, 5.74) is 5.96. The standard InChI is InChI=1S/C28H25N3O4/c1-27(2)17-9-6-7-12-21(17)31-22-18(27)10-8-11-19(22)28(3,4)20-14-15(35-25(20)31)13-16-23(32)29-26(34)30(5)24(16)33/h6-14H,1-5H3,(H,29,32,34)/b16-13-. The van der Waals surface area contributed by atoms with Crippen molar-refractivity contribution in [3.8, 4) is 0 Å². The molecule has 7 heteroatoms. The number of hydrogen-bond donors (Lipinski definition) is 1. The topological polar surface area (TPSA) is 82.9 Å². The van der Waals surface area contributed by atoms with Gasteiger partial charge in [-0.25, -0.2) is 4.79 Å². The fourth-order valence-corrected chi connectivity index (χ4v) is 5.58. The molecule has 0 aliphatic carbocycles. The van der Waals surface area contributed by atoms with Gasteiger partial charge in [-0.05, 0) is 34.9 Å². The number of carbonyl (C=O) groups is 3. The van der Waals surface area contributed by atoms with Crippen LogP contribution < -0.4 is 10.2 Å². The predicted octanol–water partition coefficient (Wildman–Crippen LogP) is 5.12. The third-order valence-electron chi connectivity index (χ3n) is 7.62. The number of nitrogens with zero attached hydrogens (tertiary/aromatic N) is 2. The van der Waals surface area contributed by atoms with Gasteiger partial charge in [0.1, 0.15) is 11.3 Å². The molecule has 6 rings (SSSR count). The van der Waals surface area contributed by atoms with E-state index in [-0.39, 0.29) is 16.4 Å². The molecule has 0 bridgehead atoms. The van der Waals surface area contributed by atoms with Crippen LogP contribution in [0.2, 0.25) is 0 Å². The molecule has 7 nitrogen and oxygen atoms in total. The zero-order chi connectivity index (χ0) is 24.9. The number of urea groups is 1. The number of likely N-dealkylation sites (N-methyl/N-ethyl adjacent to an activating group) is 1. The van der Waals surface area contributed by atoms with Gasteiger partial charge < -0.3 is 4.42 Å². The molecule has 176 valence electrons. The second kappa shape index (κ2) is 6.72. The van der Waals surface area contributed by atoms with E-state index in [1.54, 1.807) is 0 Å². The molecule has 1 fully saturated rings. The maximum Gasteiger partial charge on any atom is 0.331 e. The second-order valence-electron chi connectivity index (χ2n) is 10.4. The van der Waals surface area contributed by atoms with Crippen LogP contribution in [-0.2, 0) is 20.4 Å². The van der Waals surface area contributed by atoms with Gasteiger partial charge in [0.25, 0.3) is 11.8 Å². The smallest absolute Gasteiger partial charge is 0.331 e. The summed E-state index contributed by atoms with van der Waals surface area (Å²) < 4.78 is 6.39. The van der Waals surface area contributed by atoms with Crippen molar-refractivity contribution in [3.05, 3.63) is 82.1 Å². The Bertz CT molecular complexity index is 1510. The van der Waals surface area contributed by atoms with E-state index in [9.17, 15) is 14.4 Å². The largest absolute Gasteiger partial charge is 0.440 e. The van der Waals surface area contributed by atoms with Crippen molar-refractivity contribution in [1.29, 1.82) is 0 Å². The van der Waals surface area contributed by atoms with Gasteiger partial charge in [-0.15, -0.1) is 0 Å². The summed E-state index contributed by atoms with van der Waals surface area (Å²) in [7, 11) is 1.33. The Labute approximate surface area is 203 Å². The SMILES string of the molecule is CN1C(=O)NC(=O)/C(=C/c2cc3c(o2)N2c4ccccc4C(C)(C)c4cccc(c42)C3(C)C)C1=O. The minimum absolute atomic E-state index is 0.144. The average molecular weight is 468 g/mol. The van der Waals surface area contributed by atoms with Crippen LogP contribution in [0.1, 0.15) is 55.7 Å². The van der Waals surface area contributed by atoms with Gasteiger partial charge in [0.15, 0.2) is 0 Å². The summed E-state index contributed by atoms with van der Waals surface area (Å²) in [5, 5.41) is 2.19. The van der Waals surface area contributed by atoms with Crippen LogP contribution in [0.15, 0.2) is 58.5 Å². The van der Waals surface area contributed by atoms with Gasteiger partial charge in [-0.3, -0.25) is 24.7 Å². The Morgan fingerprint density at radius 2 is 1.49 bits per heavy atom. The molecule has 3 aliphatic rings. The zero-order valence-electron chi connectivity index (χ0n) is 20.2. The first-order valence-electron chi connectivity index (χ1n) is 11.6. The highest BCUT2D eigenvalue weighted by atomic mass is 16.4. The highest BCUT2D eigenvalue weighted by Gasteiger charge is 2.47. The quantitative estimate of drug-likeness (QED) is 0.397. The summed E-state index contributed by atoms with van der Waals surface area (Å²) in [5.74, 6) is -0.357. The number of rotatable bonds is 1. The highest BCUT2D eigenvalue weighted by molar-refractivity contribution is 6.30. The molecule has 3 aliphatic heterocycles. The number of para-hydroxylation sites is 2. The first kappa shape index (κ1) is 21.4. The Morgan fingerprint density at radius 1 is 0.857 bits per heavy atom. The number of anilines is 3. The van der Waals surface area contributed by atoms with Gasteiger partial charge in [0, 0.05) is 23.4 Å². The third-order valence-corrected chi connectivity index (χ3v) is 7.62.